The lowest BCUT2D eigenvalue weighted by molar-refractivity contribution is -0.249. The quantitative estimate of drug-likeness (QED) is 0.541. The van der Waals surface area contributed by atoms with Crippen molar-refractivity contribution in [1.29, 1.82) is 5.26 Å². The smallest absolute Gasteiger partial charge is 0.385 e. The van der Waals surface area contributed by atoms with Gasteiger partial charge in [-0.2, -0.15) is 18.4 Å². The summed E-state index contributed by atoms with van der Waals surface area (Å²) in [6.45, 7) is 1.42. The Hall–Kier alpha value is -3.10. The average Bonchev–Trinajstić information content (AvgIpc) is 2.71. The van der Waals surface area contributed by atoms with E-state index in [9.17, 15) is 22.4 Å². The van der Waals surface area contributed by atoms with E-state index >= 15 is 0 Å². The number of nitrogens with two attached hydrogens (primary N) is 1. The van der Waals surface area contributed by atoms with Gasteiger partial charge in [0, 0.05) is 11.9 Å². The molecule has 1 aliphatic heterocycles. The number of Topliss-reactive ketones (excluding diaryl/α,β-unsaturated/α-hetero) is 1. The summed E-state index contributed by atoms with van der Waals surface area (Å²) in [6, 6.07) is 5.38. The first kappa shape index (κ1) is 23.6. The fourth-order valence-electron chi connectivity index (χ4n) is 3.02. The predicted molar refractivity (Wildman–Crippen MR) is 106 cm³/mol. The zero-order valence-corrected chi connectivity index (χ0v) is 17.6. The van der Waals surface area contributed by atoms with Crippen LogP contribution in [0.1, 0.15) is 41.3 Å². The summed E-state index contributed by atoms with van der Waals surface area (Å²) in [4.78, 5) is 24.4. The van der Waals surface area contributed by atoms with Crippen molar-refractivity contribution in [2.75, 3.05) is 6.61 Å². The second-order valence-corrected chi connectivity index (χ2v) is 7.90. The number of aliphatic imine (C=N–C) groups is 1. The molecule has 0 aliphatic carbocycles. The molecule has 0 amide bonds. The van der Waals surface area contributed by atoms with Gasteiger partial charge in [0.15, 0.2) is 5.78 Å². The summed E-state index contributed by atoms with van der Waals surface area (Å²) < 4.78 is 59.5. The molecule has 0 aromatic carbocycles. The molecule has 0 unspecified atom stereocenters. The molecule has 0 saturated heterocycles. The minimum Gasteiger partial charge on any atom is -0.385 e. The highest BCUT2D eigenvalue weighted by molar-refractivity contribution is 6.33. The number of rotatable bonds is 4. The lowest BCUT2D eigenvalue weighted by atomic mass is 9.93. The number of carbonyl (C=O) groups is 1. The number of aromatic nitrogens is 2. The van der Waals surface area contributed by atoms with E-state index in [2.05, 4.69) is 15.0 Å². The molecule has 3 rings (SSSR count). The normalized spacial score (nSPS) is 23.4. The van der Waals surface area contributed by atoms with Gasteiger partial charge in [0.25, 0.3) is 0 Å². The van der Waals surface area contributed by atoms with Crippen molar-refractivity contribution in [1.82, 2.24) is 9.97 Å². The number of nitrogens with zero attached hydrogens (tertiary/aromatic N) is 4. The largest absolute Gasteiger partial charge is 0.424 e. The Morgan fingerprint density at radius 1 is 1.38 bits per heavy atom. The molecule has 168 valence electrons. The van der Waals surface area contributed by atoms with Gasteiger partial charge in [0.2, 0.25) is 5.60 Å². The summed E-state index contributed by atoms with van der Waals surface area (Å²) in [5.74, 6) is -2.27. The summed E-state index contributed by atoms with van der Waals surface area (Å²) in [5.41, 5.74) is 0.934. The van der Waals surface area contributed by atoms with Gasteiger partial charge in [-0.05, 0) is 32.0 Å². The van der Waals surface area contributed by atoms with E-state index < -0.39 is 41.4 Å². The number of halogens is 5. The molecule has 12 heteroatoms. The fraction of sp³-hybridized carbons (Fsp3) is 0.350. The van der Waals surface area contributed by atoms with E-state index in [4.69, 9.17) is 27.3 Å². The molecule has 0 saturated carbocycles. The van der Waals surface area contributed by atoms with E-state index in [1.54, 1.807) is 0 Å². The summed E-state index contributed by atoms with van der Waals surface area (Å²) >= 11 is 5.99. The van der Waals surface area contributed by atoms with Crippen molar-refractivity contribution in [2.45, 2.75) is 37.6 Å². The van der Waals surface area contributed by atoms with Crippen LogP contribution in [0, 0.1) is 17.1 Å². The Balaban J connectivity index is 1.93. The zero-order chi connectivity index (χ0) is 23.9. The van der Waals surface area contributed by atoms with E-state index in [0.29, 0.717) is 0 Å². The molecule has 0 fully saturated rings. The number of hydrogen-bond donors (Lipinski definition) is 1. The molecule has 2 atom stereocenters. The second-order valence-electron chi connectivity index (χ2n) is 7.49. The zero-order valence-electron chi connectivity index (χ0n) is 16.8. The topological polar surface area (TPSA) is 114 Å². The SMILES string of the molecule is C[C@]1(c2nc(CC(=O)c3ncc(C#N)cc3Cl)ccc2F)CO[C@@](C)(C(F)(F)F)C(N)=N1. The number of amidine groups is 1. The van der Waals surface area contributed by atoms with Crippen molar-refractivity contribution in [3.05, 3.63) is 57.9 Å². The molecule has 1 aliphatic rings. The van der Waals surface area contributed by atoms with Gasteiger partial charge < -0.3 is 10.5 Å². The highest BCUT2D eigenvalue weighted by Gasteiger charge is 2.59. The van der Waals surface area contributed by atoms with Crippen LogP contribution in [-0.2, 0) is 16.7 Å². The molecule has 7 nitrogen and oxygen atoms in total. The maximum atomic E-state index is 14.6. The Labute approximate surface area is 184 Å². The summed E-state index contributed by atoms with van der Waals surface area (Å²) in [6.07, 6.45) is -3.98. The Kier molecular flexibility index (Phi) is 5.97. The molecule has 2 aromatic heterocycles. The molecule has 3 heterocycles. The monoisotopic (exact) mass is 469 g/mol. The minimum absolute atomic E-state index is 0.0344. The number of pyridine rings is 2. The van der Waals surface area contributed by atoms with E-state index in [1.807, 2.05) is 6.07 Å². The number of hydrogen-bond acceptors (Lipinski definition) is 7. The van der Waals surface area contributed by atoms with E-state index in [1.165, 1.54) is 25.3 Å². The van der Waals surface area contributed by atoms with Gasteiger partial charge in [-0.25, -0.2) is 4.39 Å². The van der Waals surface area contributed by atoms with Gasteiger partial charge in [-0.15, -0.1) is 0 Å². The van der Waals surface area contributed by atoms with Crippen LogP contribution in [0.4, 0.5) is 17.6 Å². The average molecular weight is 470 g/mol. The van der Waals surface area contributed by atoms with Crippen LogP contribution >= 0.6 is 11.6 Å². The van der Waals surface area contributed by atoms with Gasteiger partial charge in [-0.1, -0.05) is 11.6 Å². The lowest BCUT2D eigenvalue weighted by Gasteiger charge is -2.40. The molecule has 0 spiro atoms. The highest BCUT2D eigenvalue weighted by atomic mass is 35.5. The van der Waals surface area contributed by atoms with Crippen molar-refractivity contribution < 1.29 is 27.1 Å². The Morgan fingerprint density at radius 2 is 2.06 bits per heavy atom. The number of ether oxygens (including phenoxy) is 1. The molecular formula is C20H16ClF4N5O2. The van der Waals surface area contributed by atoms with Crippen molar-refractivity contribution in [3.8, 4) is 6.07 Å². The molecule has 0 radical (unpaired) electrons. The van der Waals surface area contributed by atoms with Crippen LogP contribution in [0.5, 0.6) is 0 Å². The third-order valence-electron chi connectivity index (χ3n) is 5.03. The second kappa shape index (κ2) is 8.11. The standard InChI is InChI=1S/C20H16ClF4N5O2/c1-18(9-32-19(2,17(27)30-18)20(23,24)25)16-13(22)4-3-11(29-16)6-14(31)15-12(21)5-10(7-26)8-28-15/h3-5,8H,6,9H2,1-2H3,(H2,27,30)/t18-,19-/m1/s1. The van der Waals surface area contributed by atoms with Crippen molar-refractivity contribution >= 4 is 23.2 Å². The minimum atomic E-state index is -4.82. The van der Waals surface area contributed by atoms with Gasteiger partial charge in [-0.3, -0.25) is 19.8 Å². The molecular weight excluding hydrogens is 454 g/mol. The summed E-state index contributed by atoms with van der Waals surface area (Å²) in [5, 5.41) is 8.82. The van der Waals surface area contributed by atoms with Crippen LogP contribution in [0.15, 0.2) is 29.4 Å². The lowest BCUT2D eigenvalue weighted by Crippen LogP contribution is -2.60. The molecule has 32 heavy (non-hydrogen) atoms. The van der Waals surface area contributed by atoms with Gasteiger partial charge in [0.05, 0.1) is 23.6 Å². The van der Waals surface area contributed by atoms with E-state index in [0.717, 1.165) is 13.0 Å². The maximum Gasteiger partial charge on any atom is 0.424 e. The van der Waals surface area contributed by atoms with Crippen LogP contribution in [-0.4, -0.2) is 40.0 Å². The predicted octanol–water partition coefficient (Wildman–Crippen LogP) is 3.49. The first-order chi connectivity index (χ1) is 14.8. The molecule has 2 aromatic rings. The number of carbonyl (C=O) groups excluding carboxylic acids is 1. The van der Waals surface area contributed by atoms with Crippen molar-refractivity contribution in [2.24, 2.45) is 10.7 Å². The summed E-state index contributed by atoms with van der Waals surface area (Å²) in [7, 11) is 0. The van der Waals surface area contributed by atoms with Crippen LogP contribution < -0.4 is 5.73 Å². The van der Waals surface area contributed by atoms with Crippen LogP contribution in [0.25, 0.3) is 0 Å². The first-order valence-electron chi connectivity index (χ1n) is 9.12. The Bertz CT molecular complexity index is 1160. The molecule has 0 bridgehead atoms. The van der Waals surface area contributed by atoms with E-state index in [-0.39, 0.29) is 34.1 Å². The van der Waals surface area contributed by atoms with Crippen LogP contribution in [0.3, 0.4) is 0 Å². The van der Waals surface area contributed by atoms with Gasteiger partial charge >= 0.3 is 6.18 Å². The van der Waals surface area contributed by atoms with Crippen LogP contribution in [0.2, 0.25) is 5.02 Å². The number of ketones is 1. The van der Waals surface area contributed by atoms with Crippen molar-refractivity contribution in [3.63, 3.8) is 0 Å². The third kappa shape index (κ3) is 4.16. The third-order valence-corrected chi connectivity index (χ3v) is 5.32. The van der Waals surface area contributed by atoms with Gasteiger partial charge in [0.1, 0.15) is 34.6 Å². The molecule has 2 N–H and O–H groups in total. The number of nitriles is 1. The Morgan fingerprint density at radius 3 is 2.62 bits per heavy atom. The first-order valence-corrected chi connectivity index (χ1v) is 9.50. The fourth-order valence-corrected chi connectivity index (χ4v) is 3.29. The maximum absolute atomic E-state index is 14.6. The number of alkyl halides is 3. The highest BCUT2D eigenvalue weighted by Crippen LogP contribution is 2.40.